The number of rotatable bonds is 3. The van der Waals surface area contributed by atoms with Crippen molar-refractivity contribution >= 4 is 39.1 Å². The number of aromatic nitrogens is 2. The number of alkyl halides is 1. The minimum Gasteiger partial charge on any atom is -0.272 e. The van der Waals surface area contributed by atoms with Gasteiger partial charge in [-0.25, -0.2) is 17.8 Å². The van der Waals surface area contributed by atoms with Gasteiger partial charge in [-0.3, -0.25) is 4.79 Å². The molecule has 9 heteroatoms. The standard InChI is InChI=1S/C12H10Cl2N2O4S/c1-8(13)11(17)15-6-7-16(12(15)18)21(19,20)10-4-2-9(14)3-5-10/h2-8H,1H3/t8-/m1/s1. The van der Waals surface area contributed by atoms with Gasteiger partial charge in [-0.1, -0.05) is 11.6 Å². The van der Waals surface area contributed by atoms with Crippen LogP contribution in [0.3, 0.4) is 0 Å². The van der Waals surface area contributed by atoms with Gasteiger partial charge in [0.1, 0.15) is 5.38 Å². The van der Waals surface area contributed by atoms with Gasteiger partial charge in [0, 0.05) is 17.4 Å². The van der Waals surface area contributed by atoms with Crippen molar-refractivity contribution in [1.29, 1.82) is 0 Å². The molecule has 0 fully saturated rings. The molecular formula is C12H10Cl2N2O4S. The van der Waals surface area contributed by atoms with Crippen LogP contribution in [0, 0.1) is 0 Å². The van der Waals surface area contributed by atoms with Gasteiger partial charge in [0.25, 0.3) is 15.9 Å². The molecule has 0 aliphatic carbocycles. The fraction of sp³-hybridized carbons (Fsp3) is 0.167. The third kappa shape index (κ3) is 2.90. The summed E-state index contributed by atoms with van der Waals surface area (Å²) in [4.78, 5) is 23.6. The Morgan fingerprint density at radius 1 is 1.19 bits per heavy atom. The van der Waals surface area contributed by atoms with Crippen LogP contribution >= 0.6 is 23.2 Å². The molecule has 0 N–H and O–H groups in total. The molecule has 1 aromatic heterocycles. The van der Waals surface area contributed by atoms with Crippen LogP contribution in [0.2, 0.25) is 5.02 Å². The van der Waals surface area contributed by atoms with Crippen LogP contribution in [0.1, 0.15) is 11.7 Å². The summed E-state index contributed by atoms with van der Waals surface area (Å²) < 4.78 is 25.8. The summed E-state index contributed by atoms with van der Waals surface area (Å²) in [5.74, 6) is -0.702. The Kier molecular flexibility index (Phi) is 4.27. The second kappa shape index (κ2) is 5.67. The number of carbonyl (C=O) groups excluding carboxylic acids is 1. The maximum absolute atomic E-state index is 12.3. The fourth-order valence-electron chi connectivity index (χ4n) is 1.62. The third-order valence-corrected chi connectivity index (χ3v) is 4.80. The van der Waals surface area contributed by atoms with E-state index in [1.807, 2.05) is 0 Å². The molecule has 6 nitrogen and oxygen atoms in total. The van der Waals surface area contributed by atoms with E-state index in [1.165, 1.54) is 31.2 Å². The Balaban J connectivity index is 2.55. The first-order chi connectivity index (χ1) is 9.75. The molecule has 0 saturated heterocycles. The molecule has 21 heavy (non-hydrogen) atoms. The molecule has 2 aromatic rings. The molecule has 0 unspecified atom stereocenters. The van der Waals surface area contributed by atoms with Gasteiger partial charge in [0.2, 0.25) is 0 Å². The van der Waals surface area contributed by atoms with Crippen molar-refractivity contribution < 1.29 is 13.2 Å². The van der Waals surface area contributed by atoms with E-state index in [0.717, 1.165) is 12.4 Å². The zero-order valence-electron chi connectivity index (χ0n) is 10.7. The fourth-order valence-corrected chi connectivity index (χ4v) is 3.07. The van der Waals surface area contributed by atoms with Gasteiger partial charge in [-0.15, -0.1) is 11.6 Å². The summed E-state index contributed by atoms with van der Waals surface area (Å²) in [7, 11) is -4.10. The number of nitrogens with zero attached hydrogens (tertiary/aromatic N) is 2. The molecule has 0 bridgehead atoms. The zero-order chi connectivity index (χ0) is 15.8. The minimum atomic E-state index is -4.10. The maximum Gasteiger partial charge on any atom is 0.349 e. The van der Waals surface area contributed by atoms with Gasteiger partial charge >= 0.3 is 5.69 Å². The van der Waals surface area contributed by atoms with E-state index in [0.29, 0.717) is 13.6 Å². The first-order valence-corrected chi connectivity index (χ1v) is 8.00. The van der Waals surface area contributed by atoms with Crippen molar-refractivity contribution in [3.63, 3.8) is 0 Å². The number of benzene rings is 1. The minimum absolute atomic E-state index is 0.113. The molecule has 0 aliphatic heterocycles. The highest BCUT2D eigenvalue weighted by Gasteiger charge is 2.23. The van der Waals surface area contributed by atoms with Crippen LogP contribution in [0.15, 0.2) is 46.3 Å². The van der Waals surface area contributed by atoms with E-state index >= 15 is 0 Å². The highest BCUT2D eigenvalue weighted by Crippen LogP contribution is 2.16. The molecule has 2 rings (SSSR count). The molecule has 112 valence electrons. The van der Waals surface area contributed by atoms with Crippen molar-refractivity contribution in [3.8, 4) is 0 Å². The molecular weight excluding hydrogens is 339 g/mol. The van der Waals surface area contributed by atoms with E-state index in [-0.39, 0.29) is 4.90 Å². The van der Waals surface area contributed by atoms with Gasteiger partial charge in [-0.05, 0) is 31.2 Å². The first-order valence-electron chi connectivity index (χ1n) is 5.74. The van der Waals surface area contributed by atoms with E-state index in [9.17, 15) is 18.0 Å². The predicted molar refractivity (Wildman–Crippen MR) is 78.7 cm³/mol. The Morgan fingerprint density at radius 3 is 2.29 bits per heavy atom. The first kappa shape index (κ1) is 15.8. The largest absolute Gasteiger partial charge is 0.349 e. The smallest absolute Gasteiger partial charge is 0.272 e. The average molecular weight is 349 g/mol. The average Bonchev–Trinajstić information content (AvgIpc) is 2.80. The summed E-state index contributed by atoms with van der Waals surface area (Å²) in [5.41, 5.74) is -0.998. The van der Waals surface area contributed by atoms with Gasteiger partial charge in [0.05, 0.1) is 4.90 Å². The van der Waals surface area contributed by atoms with Crippen LogP contribution in [-0.4, -0.2) is 28.2 Å². The normalized spacial score (nSPS) is 13.1. The van der Waals surface area contributed by atoms with Crippen molar-refractivity contribution in [3.05, 3.63) is 52.2 Å². The lowest BCUT2D eigenvalue weighted by Gasteiger charge is -2.05. The van der Waals surface area contributed by atoms with Crippen molar-refractivity contribution in [1.82, 2.24) is 8.54 Å². The number of imidazole rings is 1. The molecule has 1 aromatic carbocycles. The van der Waals surface area contributed by atoms with Gasteiger partial charge < -0.3 is 0 Å². The van der Waals surface area contributed by atoms with Crippen LogP contribution in [-0.2, 0) is 10.0 Å². The van der Waals surface area contributed by atoms with Crippen LogP contribution in [0.4, 0.5) is 0 Å². The quantitative estimate of drug-likeness (QED) is 0.792. The van der Waals surface area contributed by atoms with Gasteiger partial charge in [0.15, 0.2) is 0 Å². The third-order valence-electron chi connectivity index (χ3n) is 2.69. The maximum atomic E-state index is 12.3. The summed E-state index contributed by atoms with van der Waals surface area (Å²) in [6, 6.07) is 5.33. The molecule has 1 atom stereocenters. The lowest BCUT2D eigenvalue weighted by molar-refractivity contribution is 0.0908. The lowest BCUT2D eigenvalue weighted by atomic mass is 10.4. The molecule has 0 saturated carbocycles. The Morgan fingerprint density at radius 2 is 1.76 bits per heavy atom. The Labute approximate surface area is 130 Å². The lowest BCUT2D eigenvalue weighted by Crippen LogP contribution is -2.34. The predicted octanol–water partition coefficient (Wildman–Crippen LogP) is 1.81. The molecule has 0 amide bonds. The van der Waals surface area contributed by atoms with Crippen LogP contribution < -0.4 is 5.69 Å². The van der Waals surface area contributed by atoms with Crippen LogP contribution in [0.25, 0.3) is 0 Å². The summed E-state index contributed by atoms with van der Waals surface area (Å²) >= 11 is 11.3. The summed E-state index contributed by atoms with van der Waals surface area (Å²) in [6.45, 7) is 1.39. The second-order valence-corrected chi connectivity index (χ2v) is 7.07. The van der Waals surface area contributed by atoms with Crippen molar-refractivity contribution in [2.75, 3.05) is 0 Å². The van der Waals surface area contributed by atoms with Crippen molar-refractivity contribution in [2.24, 2.45) is 0 Å². The summed E-state index contributed by atoms with van der Waals surface area (Å²) in [5, 5.41) is -0.582. The van der Waals surface area contributed by atoms with E-state index in [2.05, 4.69) is 0 Å². The van der Waals surface area contributed by atoms with E-state index < -0.39 is 27.0 Å². The molecule has 0 radical (unpaired) electrons. The van der Waals surface area contributed by atoms with Crippen molar-refractivity contribution in [2.45, 2.75) is 17.2 Å². The van der Waals surface area contributed by atoms with E-state index in [4.69, 9.17) is 23.2 Å². The summed E-state index contributed by atoms with van der Waals surface area (Å²) in [6.07, 6.45) is 2.07. The van der Waals surface area contributed by atoms with Gasteiger partial charge in [-0.2, -0.15) is 3.97 Å². The monoisotopic (exact) mass is 348 g/mol. The van der Waals surface area contributed by atoms with E-state index in [1.54, 1.807) is 0 Å². The number of carbonyl (C=O) groups is 1. The topological polar surface area (TPSA) is 78.1 Å². The second-order valence-electron chi connectivity index (χ2n) is 4.16. The Hall–Kier alpha value is -1.57. The molecule has 1 heterocycles. The SMILES string of the molecule is C[C@@H](Cl)C(=O)n1ccn(S(=O)(=O)c2ccc(Cl)cc2)c1=O. The highest BCUT2D eigenvalue weighted by atomic mass is 35.5. The molecule has 0 aliphatic rings. The Bertz CT molecular complexity index is 835. The highest BCUT2D eigenvalue weighted by molar-refractivity contribution is 7.90. The number of hydrogen-bond donors (Lipinski definition) is 0. The van der Waals surface area contributed by atoms with Crippen LogP contribution in [0.5, 0.6) is 0 Å². The zero-order valence-corrected chi connectivity index (χ0v) is 13.1. The number of hydrogen-bond acceptors (Lipinski definition) is 4. The molecule has 0 spiro atoms. The number of halogens is 2.